The third-order valence-electron chi connectivity index (χ3n) is 2.70. The van der Waals surface area contributed by atoms with Crippen LogP contribution in [-0.4, -0.2) is 14.8 Å². The molecule has 2 N–H and O–H groups in total. The SMILES string of the molecule is CC(C)n1c(N)nnc1SCc1ccccc1C#N. The molecule has 0 aliphatic heterocycles. The lowest BCUT2D eigenvalue weighted by molar-refractivity contribution is 0.557. The first-order valence-electron chi connectivity index (χ1n) is 5.94. The summed E-state index contributed by atoms with van der Waals surface area (Å²) in [7, 11) is 0. The van der Waals surface area contributed by atoms with Crippen LogP contribution in [0, 0.1) is 11.3 Å². The average Bonchev–Trinajstić information content (AvgIpc) is 2.78. The van der Waals surface area contributed by atoms with Crippen molar-refractivity contribution < 1.29 is 0 Å². The van der Waals surface area contributed by atoms with E-state index in [1.807, 2.05) is 42.7 Å². The van der Waals surface area contributed by atoms with Crippen LogP contribution in [0.1, 0.15) is 31.0 Å². The highest BCUT2D eigenvalue weighted by Gasteiger charge is 2.13. The minimum absolute atomic E-state index is 0.212. The van der Waals surface area contributed by atoms with Crippen molar-refractivity contribution in [1.82, 2.24) is 14.8 Å². The second kappa shape index (κ2) is 5.76. The normalized spacial score (nSPS) is 10.6. The van der Waals surface area contributed by atoms with Gasteiger partial charge in [0.25, 0.3) is 0 Å². The molecule has 1 aromatic carbocycles. The lowest BCUT2D eigenvalue weighted by Gasteiger charge is -2.11. The molecular weight excluding hydrogens is 258 g/mol. The molecule has 0 radical (unpaired) electrons. The molecule has 98 valence electrons. The molecule has 0 spiro atoms. The number of hydrogen-bond acceptors (Lipinski definition) is 5. The molecule has 0 aliphatic carbocycles. The van der Waals surface area contributed by atoms with E-state index in [1.54, 1.807) is 0 Å². The van der Waals surface area contributed by atoms with E-state index in [0.717, 1.165) is 10.7 Å². The number of anilines is 1. The van der Waals surface area contributed by atoms with Gasteiger partial charge < -0.3 is 5.73 Å². The Morgan fingerprint density at radius 3 is 2.79 bits per heavy atom. The summed E-state index contributed by atoms with van der Waals surface area (Å²) in [6.45, 7) is 4.07. The van der Waals surface area contributed by atoms with Crippen molar-refractivity contribution in [1.29, 1.82) is 5.26 Å². The maximum atomic E-state index is 9.05. The van der Waals surface area contributed by atoms with Crippen LogP contribution in [0.3, 0.4) is 0 Å². The number of rotatable bonds is 4. The van der Waals surface area contributed by atoms with Gasteiger partial charge in [-0.1, -0.05) is 30.0 Å². The first-order valence-corrected chi connectivity index (χ1v) is 6.93. The summed E-state index contributed by atoms with van der Waals surface area (Å²) in [6.07, 6.45) is 0. The van der Waals surface area contributed by atoms with Crippen molar-refractivity contribution in [2.24, 2.45) is 0 Å². The van der Waals surface area contributed by atoms with Crippen LogP contribution in [0.15, 0.2) is 29.4 Å². The lowest BCUT2D eigenvalue weighted by Crippen LogP contribution is -2.07. The van der Waals surface area contributed by atoms with Gasteiger partial charge in [0.1, 0.15) is 0 Å². The van der Waals surface area contributed by atoms with E-state index in [1.165, 1.54) is 11.8 Å². The molecule has 0 saturated heterocycles. The van der Waals surface area contributed by atoms with E-state index in [4.69, 9.17) is 11.0 Å². The number of benzene rings is 1. The standard InChI is InChI=1S/C13H15N5S/c1-9(2)18-12(15)16-17-13(18)19-8-11-6-4-3-5-10(11)7-14/h3-6,9H,8H2,1-2H3,(H2,15,16). The fraction of sp³-hybridized carbons (Fsp3) is 0.308. The van der Waals surface area contributed by atoms with Crippen LogP contribution in [0.25, 0.3) is 0 Å². The number of nitriles is 1. The summed E-state index contributed by atoms with van der Waals surface area (Å²) in [5.41, 5.74) is 7.48. The summed E-state index contributed by atoms with van der Waals surface area (Å²) in [5.74, 6) is 1.10. The predicted octanol–water partition coefficient (Wildman–Crippen LogP) is 2.61. The largest absolute Gasteiger partial charge is 0.368 e. The molecule has 0 bridgehead atoms. The molecular formula is C13H15N5S. The van der Waals surface area contributed by atoms with Gasteiger partial charge in [-0.3, -0.25) is 4.57 Å². The molecule has 5 nitrogen and oxygen atoms in total. The smallest absolute Gasteiger partial charge is 0.222 e. The van der Waals surface area contributed by atoms with Gasteiger partial charge in [-0.05, 0) is 25.5 Å². The van der Waals surface area contributed by atoms with E-state index in [9.17, 15) is 0 Å². The van der Waals surface area contributed by atoms with Crippen molar-refractivity contribution >= 4 is 17.7 Å². The van der Waals surface area contributed by atoms with Crippen LogP contribution in [0.5, 0.6) is 0 Å². The van der Waals surface area contributed by atoms with E-state index < -0.39 is 0 Å². The third kappa shape index (κ3) is 2.88. The Kier molecular flexibility index (Phi) is 4.07. The summed E-state index contributed by atoms with van der Waals surface area (Å²) >= 11 is 1.54. The summed E-state index contributed by atoms with van der Waals surface area (Å²) in [6, 6.07) is 9.96. The minimum atomic E-state index is 0.212. The molecule has 0 fully saturated rings. The summed E-state index contributed by atoms with van der Waals surface area (Å²) in [4.78, 5) is 0. The third-order valence-corrected chi connectivity index (χ3v) is 3.69. The number of nitrogens with two attached hydrogens (primary N) is 1. The molecule has 2 rings (SSSR count). The van der Waals surface area contributed by atoms with Crippen molar-refractivity contribution in [2.45, 2.75) is 30.8 Å². The molecule has 0 amide bonds. The molecule has 0 unspecified atom stereocenters. The predicted molar refractivity (Wildman–Crippen MR) is 75.5 cm³/mol. The zero-order valence-electron chi connectivity index (χ0n) is 10.9. The number of hydrogen-bond donors (Lipinski definition) is 1. The van der Waals surface area contributed by atoms with Crippen molar-refractivity contribution in [3.8, 4) is 6.07 Å². The van der Waals surface area contributed by atoms with Crippen LogP contribution in [0.4, 0.5) is 5.95 Å². The van der Waals surface area contributed by atoms with Crippen molar-refractivity contribution in [3.05, 3.63) is 35.4 Å². The fourth-order valence-corrected chi connectivity index (χ4v) is 2.85. The Hall–Kier alpha value is -2.00. The van der Waals surface area contributed by atoms with Gasteiger partial charge in [-0.15, -0.1) is 10.2 Å². The summed E-state index contributed by atoms with van der Waals surface area (Å²) in [5, 5.41) is 17.8. The number of nitrogens with zero attached hydrogens (tertiary/aromatic N) is 4. The van der Waals surface area contributed by atoms with Crippen LogP contribution < -0.4 is 5.73 Å². The molecule has 1 aromatic heterocycles. The molecule has 1 heterocycles. The van der Waals surface area contributed by atoms with Crippen LogP contribution in [0.2, 0.25) is 0 Å². The zero-order chi connectivity index (χ0) is 13.8. The van der Waals surface area contributed by atoms with Crippen molar-refractivity contribution in [2.75, 3.05) is 5.73 Å². The molecule has 2 aromatic rings. The Balaban J connectivity index is 2.18. The molecule has 0 aliphatic rings. The number of aromatic nitrogens is 3. The van der Waals surface area contributed by atoms with Gasteiger partial charge in [0.15, 0.2) is 5.16 Å². The maximum absolute atomic E-state index is 9.05. The summed E-state index contributed by atoms with van der Waals surface area (Å²) < 4.78 is 1.89. The van der Waals surface area contributed by atoms with E-state index in [0.29, 0.717) is 17.3 Å². The average molecular weight is 273 g/mol. The first kappa shape index (κ1) is 13.4. The van der Waals surface area contributed by atoms with E-state index >= 15 is 0 Å². The minimum Gasteiger partial charge on any atom is -0.368 e. The molecule has 0 atom stereocenters. The van der Waals surface area contributed by atoms with Gasteiger partial charge >= 0.3 is 0 Å². The monoisotopic (exact) mass is 273 g/mol. The van der Waals surface area contributed by atoms with Crippen LogP contribution >= 0.6 is 11.8 Å². The Bertz CT molecular complexity index is 612. The fourth-order valence-electron chi connectivity index (χ4n) is 1.77. The Morgan fingerprint density at radius 1 is 1.37 bits per heavy atom. The first-order chi connectivity index (χ1) is 9.13. The van der Waals surface area contributed by atoms with E-state index in [2.05, 4.69) is 16.3 Å². The van der Waals surface area contributed by atoms with Gasteiger partial charge in [0.05, 0.1) is 11.6 Å². The molecule has 0 saturated carbocycles. The Labute approximate surface area is 116 Å². The highest BCUT2D eigenvalue weighted by molar-refractivity contribution is 7.98. The topological polar surface area (TPSA) is 80.5 Å². The highest BCUT2D eigenvalue weighted by Crippen LogP contribution is 2.26. The maximum Gasteiger partial charge on any atom is 0.222 e. The van der Waals surface area contributed by atoms with Crippen molar-refractivity contribution in [3.63, 3.8) is 0 Å². The number of thioether (sulfide) groups is 1. The molecule has 6 heteroatoms. The second-order valence-electron chi connectivity index (χ2n) is 4.36. The van der Waals surface area contributed by atoms with Crippen LogP contribution in [-0.2, 0) is 5.75 Å². The number of nitrogen functional groups attached to an aromatic ring is 1. The molecule has 19 heavy (non-hydrogen) atoms. The highest BCUT2D eigenvalue weighted by atomic mass is 32.2. The van der Waals surface area contributed by atoms with Gasteiger partial charge in [0.2, 0.25) is 5.95 Å². The van der Waals surface area contributed by atoms with E-state index in [-0.39, 0.29) is 6.04 Å². The zero-order valence-corrected chi connectivity index (χ0v) is 11.7. The van der Waals surface area contributed by atoms with Gasteiger partial charge in [-0.25, -0.2) is 0 Å². The Morgan fingerprint density at radius 2 is 2.11 bits per heavy atom. The van der Waals surface area contributed by atoms with Gasteiger partial charge in [0, 0.05) is 11.8 Å². The quantitative estimate of drug-likeness (QED) is 0.866. The van der Waals surface area contributed by atoms with Gasteiger partial charge in [-0.2, -0.15) is 5.26 Å². The lowest BCUT2D eigenvalue weighted by atomic mass is 10.1. The second-order valence-corrected chi connectivity index (χ2v) is 5.30.